The largest absolute Gasteiger partial charge is 0.388 e. The smallest absolute Gasteiger partial charge is 0.111 e. The topological polar surface area (TPSA) is 45.3 Å². The molecule has 2 saturated heterocycles. The van der Waals surface area contributed by atoms with E-state index in [9.17, 15) is 0 Å². The molecule has 0 aromatic carbocycles. The molecule has 0 saturated carbocycles. The number of ether oxygens (including phenoxy) is 2. The third kappa shape index (κ3) is 0.727. The van der Waals surface area contributed by atoms with E-state index in [-0.39, 0.29) is 18.3 Å². The number of aliphatic hydroxyl groups excluding tert-OH is 1. The molecule has 46 valence electrons. The standard InChI is InChI=1S/C5H8O3/c6-5(3-1-7-3)4-2-8-4/h3-6H,1-2H2. The van der Waals surface area contributed by atoms with E-state index in [0.717, 1.165) is 0 Å². The highest BCUT2D eigenvalue weighted by Gasteiger charge is 2.42. The van der Waals surface area contributed by atoms with Gasteiger partial charge in [-0.05, 0) is 0 Å². The van der Waals surface area contributed by atoms with Crippen molar-refractivity contribution in [1.82, 2.24) is 0 Å². The number of epoxide rings is 2. The molecule has 2 aliphatic heterocycles. The lowest BCUT2D eigenvalue weighted by atomic mass is 10.2. The van der Waals surface area contributed by atoms with E-state index in [1.54, 1.807) is 0 Å². The van der Waals surface area contributed by atoms with Crippen molar-refractivity contribution in [2.45, 2.75) is 18.3 Å². The van der Waals surface area contributed by atoms with Crippen LogP contribution in [0.15, 0.2) is 0 Å². The van der Waals surface area contributed by atoms with Crippen molar-refractivity contribution in [3.8, 4) is 0 Å². The van der Waals surface area contributed by atoms with Crippen LogP contribution >= 0.6 is 0 Å². The van der Waals surface area contributed by atoms with E-state index in [4.69, 9.17) is 14.6 Å². The normalized spacial score (nSPS) is 46.1. The van der Waals surface area contributed by atoms with Crippen LogP contribution < -0.4 is 0 Å². The highest BCUT2D eigenvalue weighted by Crippen LogP contribution is 2.24. The van der Waals surface area contributed by atoms with Crippen molar-refractivity contribution in [1.29, 1.82) is 0 Å². The second-order valence-electron chi connectivity index (χ2n) is 2.23. The van der Waals surface area contributed by atoms with E-state index in [1.165, 1.54) is 0 Å². The Balaban J connectivity index is 1.84. The second kappa shape index (κ2) is 1.43. The van der Waals surface area contributed by atoms with Crippen molar-refractivity contribution < 1.29 is 14.6 Å². The minimum absolute atomic E-state index is 0.0856. The fourth-order valence-electron chi connectivity index (χ4n) is 0.745. The van der Waals surface area contributed by atoms with Gasteiger partial charge < -0.3 is 14.6 Å². The zero-order valence-electron chi connectivity index (χ0n) is 4.41. The van der Waals surface area contributed by atoms with Gasteiger partial charge in [0.15, 0.2) is 0 Å². The Morgan fingerprint density at radius 1 is 1.25 bits per heavy atom. The molecule has 0 spiro atoms. The molecule has 2 heterocycles. The Kier molecular flexibility index (Phi) is 0.848. The lowest BCUT2D eigenvalue weighted by molar-refractivity contribution is 0.103. The maximum absolute atomic E-state index is 9.08. The Morgan fingerprint density at radius 3 is 1.88 bits per heavy atom. The molecular formula is C5H8O3. The van der Waals surface area contributed by atoms with Gasteiger partial charge in [0.1, 0.15) is 18.3 Å². The molecule has 8 heavy (non-hydrogen) atoms. The molecule has 0 amide bonds. The van der Waals surface area contributed by atoms with Crippen molar-refractivity contribution in [2.75, 3.05) is 13.2 Å². The third-order valence-electron chi connectivity index (χ3n) is 1.48. The first-order valence-electron chi connectivity index (χ1n) is 2.79. The van der Waals surface area contributed by atoms with Crippen LogP contribution in [-0.4, -0.2) is 36.6 Å². The van der Waals surface area contributed by atoms with Crippen LogP contribution in [-0.2, 0) is 9.47 Å². The Morgan fingerprint density at radius 2 is 1.62 bits per heavy atom. The summed E-state index contributed by atoms with van der Waals surface area (Å²) < 4.78 is 9.68. The third-order valence-corrected chi connectivity index (χ3v) is 1.48. The van der Waals surface area contributed by atoms with E-state index < -0.39 is 0 Å². The van der Waals surface area contributed by atoms with Gasteiger partial charge in [-0.25, -0.2) is 0 Å². The van der Waals surface area contributed by atoms with Crippen LogP contribution in [0.25, 0.3) is 0 Å². The number of hydrogen-bond donors (Lipinski definition) is 1. The fraction of sp³-hybridized carbons (Fsp3) is 1.00. The predicted octanol–water partition coefficient (Wildman–Crippen LogP) is -0.855. The zero-order valence-corrected chi connectivity index (χ0v) is 4.41. The minimum Gasteiger partial charge on any atom is -0.388 e. The Hall–Kier alpha value is -0.120. The number of aliphatic hydroxyl groups is 1. The molecule has 2 rings (SSSR count). The molecular weight excluding hydrogens is 108 g/mol. The van der Waals surface area contributed by atoms with Gasteiger partial charge in [0, 0.05) is 0 Å². The summed E-state index contributed by atoms with van der Waals surface area (Å²) in [6.45, 7) is 1.42. The van der Waals surface area contributed by atoms with E-state index in [1.807, 2.05) is 0 Å². The average molecular weight is 116 g/mol. The van der Waals surface area contributed by atoms with Crippen LogP contribution in [0.5, 0.6) is 0 Å². The molecule has 2 unspecified atom stereocenters. The molecule has 0 aromatic heterocycles. The molecule has 2 atom stereocenters. The molecule has 2 fully saturated rings. The first kappa shape index (κ1) is 4.73. The summed E-state index contributed by atoms with van der Waals surface area (Å²) in [4.78, 5) is 0. The molecule has 3 nitrogen and oxygen atoms in total. The summed E-state index contributed by atoms with van der Waals surface area (Å²) in [6.07, 6.45) is -0.181. The quantitative estimate of drug-likeness (QED) is 0.478. The van der Waals surface area contributed by atoms with E-state index in [0.29, 0.717) is 13.2 Å². The highest BCUT2D eigenvalue weighted by molar-refractivity contribution is 4.89. The van der Waals surface area contributed by atoms with Gasteiger partial charge >= 0.3 is 0 Å². The molecule has 1 N–H and O–H groups in total. The lowest BCUT2D eigenvalue weighted by Gasteiger charge is -1.98. The van der Waals surface area contributed by atoms with Crippen molar-refractivity contribution in [2.24, 2.45) is 0 Å². The lowest BCUT2D eigenvalue weighted by Crippen LogP contribution is -2.21. The van der Waals surface area contributed by atoms with Gasteiger partial charge in [-0.2, -0.15) is 0 Å². The first-order valence-corrected chi connectivity index (χ1v) is 2.79. The zero-order chi connectivity index (χ0) is 5.56. The minimum atomic E-state index is -0.352. The van der Waals surface area contributed by atoms with Gasteiger partial charge in [-0.3, -0.25) is 0 Å². The molecule has 0 radical (unpaired) electrons. The van der Waals surface area contributed by atoms with Crippen LogP contribution in [0.1, 0.15) is 0 Å². The SMILES string of the molecule is OC(C1CO1)C1CO1. The summed E-state index contributed by atoms with van der Waals surface area (Å²) in [5.41, 5.74) is 0. The highest BCUT2D eigenvalue weighted by atomic mass is 16.6. The van der Waals surface area contributed by atoms with E-state index >= 15 is 0 Å². The van der Waals surface area contributed by atoms with Crippen LogP contribution in [0.3, 0.4) is 0 Å². The molecule has 0 aromatic rings. The maximum Gasteiger partial charge on any atom is 0.111 e. The van der Waals surface area contributed by atoms with E-state index in [2.05, 4.69) is 0 Å². The maximum atomic E-state index is 9.08. The van der Waals surface area contributed by atoms with Crippen molar-refractivity contribution >= 4 is 0 Å². The van der Waals surface area contributed by atoms with Crippen LogP contribution in [0, 0.1) is 0 Å². The summed E-state index contributed by atoms with van der Waals surface area (Å²) in [5, 5.41) is 9.08. The van der Waals surface area contributed by atoms with Gasteiger partial charge in [0.05, 0.1) is 13.2 Å². The Bertz CT molecular complexity index is 83.8. The van der Waals surface area contributed by atoms with Crippen LogP contribution in [0.4, 0.5) is 0 Å². The molecule has 2 aliphatic rings. The fourth-order valence-corrected chi connectivity index (χ4v) is 0.745. The summed E-state index contributed by atoms with van der Waals surface area (Å²) in [7, 11) is 0. The summed E-state index contributed by atoms with van der Waals surface area (Å²) >= 11 is 0. The summed E-state index contributed by atoms with van der Waals surface area (Å²) in [5.74, 6) is 0. The summed E-state index contributed by atoms with van der Waals surface area (Å²) in [6, 6.07) is 0. The van der Waals surface area contributed by atoms with Gasteiger partial charge in [0.25, 0.3) is 0 Å². The monoisotopic (exact) mass is 116 g/mol. The van der Waals surface area contributed by atoms with Crippen molar-refractivity contribution in [3.05, 3.63) is 0 Å². The predicted molar refractivity (Wildman–Crippen MR) is 25.5 cm³/mol. The second-order valence-corrected chi connectivity index (χ2v) is 2.23. The molecule has 0 bridgehead atoms. The number of rotatable bonds is 2. The molecule has 0 aliphatic carbocycles. The number of hydrogen-bond acceptors (Lipinski definition) is 3. The first-order chi connectivity index (χ1) is 3.88. The van der Waals surface area contributed by atoms with Crippen LogP contribution in [0.2, 0.25) is 0 Å². The van der Waals surface area contributed by atoms with Gasteiger partial charge in [-0.1, -0.05) is 0 Å². The van der Waals surface area contributed by atoms with Gasteiger partial charge in [0.2, 0.25) is 0 Å². The average Bonchev–Trinajstić information content (AvgIpc) is 2.63. The molecule has 3 heteroatoms. The van der Waals surface area contributed by atoms with Gasteiger partial charge in [-0.15, -0.1) is 0 Å². The van der Waals surface area contributed by atoms with Crippen molar-refractivity contribution in [3.63, 3.8) is 0 Å². The Labute approximate surface area is 47.2 Å².